The molecule has 1 aromatic rings. The monoisotopic (exact) mass is 397 g/mol. The third-order valence-corrected chi connectivity index (χ3v) is 7.09. The summed E-state index contributed by atoms with van der Waals surface area (Å²) in [5.41, 5.74) is 5.79. The lowest BCUT2D eigenvalue weighted by molar-refractivity contribution is -0.122. The van der Waals surface area contributed by atoms with Crippen molar-refractivity contribution in [1.29, 1.82) is 0 Å². The molecule has 1 amide bonds. The van der Waals surface area contributed by atoms with Crippen molar-refractivity contribution in [2.75, 3.05) is 25.0 Å². The first kappa shape index (κ1) is 21.7. The Labute approximate surface area is 162 Å². The summed E-state index contributed by atoms with van der Waals surface area (Å²) >= 11 is 0. The summed E-state index contributed by atoms with van der Waals surface area (Å²) in [5.74, 6) is 0.0140. The Morgan fingerprint density at radius 3 is 2.37 bits per heavy atom. The predicted molar refractivity (Wildman–Crippen MR) is 106 cm³/mol. The van der Waals surface area contributed by atoms with E-state index in [2.05, 4.69) is 5.32 Å². The molecule has 1 fully saturated rings. The summed E-state index contributed by atoms with van der Waals surface area (Å²) < 4.78 is 32.9. The minimum atomic E-state index is -3.73. The van der Waals surface area contributed by atoms with Crippen LogP contribution in [0.4, 0.5) is 5.69 Å². The lowest BCUT2D eigenvalue weighted by Crippen LogP contribution is -2.52. The fourth-order valence-corrected chi connectivity index (χ4v) is 5.05. The van der Waals surface area contributed by atoms with Crippen molar-refractivity contribution in [3.63, 3.8) is 0 Å². The number of carbonyl (C=O) groups is 1. The summed E-state index contributed by atoms with van der Waals surface area (Å²) in [6, 6.07) is 4.69. The van der Waals surface area contributed by atoms with Crippen LogP contribution < -0.4 is 15.8 Å². The first-order valence-electron chi connectivity index (χ1n) is 9.65. The second-order valence-electron chi connectivity index (χ2n) is 6.85. The first-order chi connectivity index (χ1) is 12.8. The number of nitrogens with zero attached hydrogens (tertiary/aromatic N) is 1. The van der Waals surface area contributed by atoms with Crippen molar-refractivity contribution in [2.24, 2.45) is 5.73 Å². The summed E-state index contributed by atoms with van der Waals surface area (Å²) in [6.45, 7) is 6.42. The Morgan fingerprint density at radius 2 is 1.81 bits per heavy atom. The number of sulfonamides is 1. The molecule has 1 aliphatic carbocycles. The molecule has 2 rings (SSSR count). The van der Waals surface area contributed by atoms with Crippen molar-refractivity contribution in [2.45, 2.75) is 63.3 Å². The fourth-order valence-electron chi connectivity index (χ4n) is 3.43. The molecule has 1 aliphatic rings. The van der Waals surface area contributed by atoms with Gasteiger partial charge in [0.05, 0.1) is 12.1 Å². The van der Waals surface area contributed by atoms with Gasteiger partial charge in [0.25, 0.3) is 0 Å². The molecular weight excluding hydrogens is 366 g/mol. The number of anilines is 1. The van der Waals surface area contributed by atoms with Crippen molar-refractivity contribution in [3.05, 3.63) is 18.2 Å². The molecule has 8 heteroatoms. The Morgan fingerprint density at radius 1 is 1.19 bits per heavy atom. The van der Waals surface area contributed by atoms with E-state index >= 15 is 0 Å². The maximum atomic E-state index is 13.0. The van der Waals surface area contributed by atoms with E-state index < -0.39 is 15.6 Å². The molecule has 0 unspecified atom stereocenters. The zero-order valence-corrected chi connectivity index (χ0v) is 17.3. The number of ether oxygens (including phenoxy) is 1. The number of nitrogens with two attached hydrogens (primary N) is 1. The van der Waals surface area contributed by atoms with E-state index in [4.69, 9.17) is 10.5 Å². The van der Waals surface area contributed by atoms with Crippen LogP contribution in [0.2, 0.25) is 0 Å². The average molecular weight is 398 g/mol. The van der Waals surface area contributed by atoms with Gasteiger partial charge in [-0.2, -0.15) is 4.31 Å². The zero-order chi connectivity index (χ0) is 20.1. The Balaban J connectivity index is 2.35. The van der Waals surface area contributed by atoms with E-state index in [0.29, 0.717) is 38.2 Å². The molecule has 0 aromatic heterocycles. The van der Waals surface area contributed by atoms with Crippen LogP contribution in [-0.4, -0.2) is 43.9 Å². The van der Waals surface area contributed by atoms with Crippen LogP contribution in [0.1, 0.15) is 52.9 Å². The van der Waals surface area contributed by atoms with E-state index in [1.807, 2.05) is 0 Å². The van der Waals surface area contributed by atoms with Gasteiger partial charge >= 0.3 is 0 Å². The first-order valence-corrected chi connectivity index (χ1v) is 11.1. The zero-order valence-electron chi connectivity index (χ0n) is 16.5. The quantitative estimate of drug-likeness (QED) is 0.702. The van der Waals surface area contributed by atoms with E-state index in [-0.39, 0.29) is 16.6 Å². The molecule has 1 saturated carbocycles. The van der Waals surface area contributed by atoms with Crippen LogP contribution in [0.3, 0.4) is 0 Å². The van der Waals surface area contributed by atoms with Gasteiger partial charge in [-0.05, 0) is 38.0 Å². The normalized spacial score (nSPS) is 16.9. The molecule has 0 heterocycles. The maximum absolute atomic E-state index is 13.0. The number of hydrogen-bond donors (Lipinski definition) is 2. The van der Waals surface area contributed by atoms with Gasteiger partial charge in [-0.15, -0.1) is 0 Å². The Kier molecular flexibility index (Phi) is 7.25. The number of carbonyl (C=O) groups excluding carboxylic acids is 1. The minimum absolute atomic E-state index is 0.0561. The van der Waals surface area contributed by atoms with Crippen molar-refractivity contribution < 1.29 is 17.9 Å². The maximum Gasteiger partial charge on any atom is 0.246 e. The average Bonchev–Trinajstić information content (AvgIpc) is 2.64. The molecule has 0 bridgehead atoms. The molecule has 0 saturated heterocycles. The van der Waals surface area contributed by atoms with Gasteiger partial charge in [0.15, 0.2) is 0 Å². The number of amides is 1. The van der Waals surface area contributed by atoms with Gasteiger partial charge in [0.1, 0.15) is 10.6 Å². The molecule has 0 spiro atoms. The summed E-state index contributed by atoms with van der Waals surface area (Å²) in [4.78, 5) is 12.7. The second-order valence-corrected chi connectivity index (χ2v) is 8.76. The van der Waals surface area contributed by atoms with Crippen molar-refractivity contribution >= 4 is 21.6 Å². The summed E-state index contributed by atoms with van der Waals surface area (Å²) in [6.07, 6.45) is 4.21. The van der Waals surface area contributed by atoms with Gasteiger partial charge in [-0.3, -0.25) is 4.79 Å². The van der Waals surface area contributed by atoms with Gasteiger partial charge in [0, 0.05) is 18.8 Å². The largest absolute Gasteiger partial charge is 0.492 e. The Hall–Kier alpha value is -1.64. The van der Waals surface area contributed by atoms with E-state index in [1.165, 1.54) is 10.4 Å². The molecule has 27 heavy (non-hydrogen) atoms. The molecule has 152 valence electrons. The Bertz CT molecular complexity index is 754. The molecule has 0 aliphatic heterocycles. The highest BCUT2D eigenvalue weighted by Crippen LogP contribution is 2.31. The van der Waals surface area contributed by atoms with Gasteiger partial charge < -0.3 is 15.8 Å². The highest BCUT2D eigenvalue weighted by Gasteiger charge is 2.35. The number of rotatable bonds is 8. The second kappa shape index (κ2) is 9.03. The van der Waals surface area contributed by atoms with Crippen LogP contribution >= 0.6 is 0 Å². The number of hydrogen-bond acceptors (Lipinski definition) is 5. The van der Waals surface area contributed by atoms with Crippen LogP contribution in [0, 0.1) is 0 Å². The lowest BCUT2D eigenvalue weighted by atomic mass is 9.82. The summed E-state index contributed by atoms with van der Waals surface area (Å²) in [7, 11) is -3.73. The fraction of sp³-hybridized carbons (Fsp3) is 0.632. The van der Waals surface area contributed by atoms with Crippen LogP contribution in [0.25, 0.3) is 0 Å². The molecule has 0 atom stereocenters. The van der Waals surface area contributed by atoms with E-state index in [1.54, 1.807) is 32.9 Å². The van der Waals surface area contributed by atoms with Crippen LogP contribution in [0.5, 0.6) is 5.75 Å². The minimum Gasteiger partial charge on any atom is -0.492 e. The van der Waals surface area contributed by atoms with Gasteiger partial charge in [0.2, 0.25) is 15.9 Å². The third-order valence-electron chi connectivity index (χ3n) is 5.02. The molecular formula is C19H31N3O4S. The SMILES string of the molecule is CCOc1ccc(NC(=O)C2(N)CCCCC2)cc1S(=O)(=O)N(CC)CC. The van der Waals surface area contributed by atoms with E-state index in [0.717, 1.165) is 19.3 Å². The highest BCUT2D eigenvalue weighted by molar-refractivity contribution is 7.89. The number of nitrogens with one attached hydrogen (secondary N) is 1. The van der Waals surface area contributed by atoms with Gasteiger partial charge in [-0.25, -0.2) is 8.42 Å². The standard InChI is InChI=1S/C19H31N3O4S/c1-4-22(5-2)27(24,25)17-14-15(10-11-16(17)26-6-3)21-18(23)19(20)12-8-7-9-13-19/h10-11,14H,4-9,12-13,20H2,1-3H3,(H,21,23). The topological polar surface area (TPSA) is 102 Å². The molecule has 0 radical (unpaired) electrons. The summed E-state index contributed by atoms with van der Waals surface area (Å²) in [5, 5.41) is 2.81. The third kappa shape index (κ3) is 4.80. The van der Waals surface area contributed by atoms with Crippen molar-refractivity contribution in [3.8, 4) is 5.75 Å². The smallest absolute Gasteiger partial charge is 0.246 e. The lowest BCUT2D eigenvalue weighted by Gasteiger charge is -2.31. The number of benzene rings is 1. The molecule has 3 N–H and O–H groups in total. The predicted octanol–water partition coefficient (Wildman–Crippen LogP) is 2.72. The van der Waals surface area contributed by atoms with Crippen LogP contribution in [0.15, 0.2) is 23.1 Å². The van der Waals surface area contributed by atoms with E-state index in [9.17, 15) is 13.2 Å². The van der Waals surface area contributed by atoms with Crippen LogP contribution in [-0.2, 0) is 14.8 Å². The van der Waals surface area contributed by atoms with Gasteiger partial charge in [-0.1, -0.05) is 33.1 Å². The van der Waals surface area contributed by atoms with Crippen molar-refractivity contribution in [1.82, 2.24) is 4.31 Å². The highest BCUT2D eigenvalue weighted by atomic mass is 32.2. The molecule has 1 aromatic carbocycles. The molecule has 7 nitrogen and oxygen atoms in total.